The molecule has 6 N–H and O–H groups in total. The summed E-state index contributed by atoms with van der Waals surface area (Å²) in [5.41, 5.74) is 4.99. The minimum Gasteiger partial charge on any atom is -0.473 e. The molecular weight excluding hydrogens is 166 g/mol. The van der Waals surface area contributed by atoms with Crippen molar-refractivity contribution in [3.05, 3.63) is 0 Å². The summed E-state index contributed by atoms with van der Waals surface area (Å²) in [6.07, 6.45) is 0. The van der Waals surface area contributed by atoms with Gasteiger partial charge >= 0.3 is 5.30 Å². The molecule has 0 fully saturated rings. The van der Waals surface area contributed by atoms with Gasteiger partial charge in [0, 0.05) is 12.3 Å². The molecule has 0 saturated heterocycles. The molecule has 0 aliphatic rings. The Hall–Kier alpha value is 0.0300. The Bertz CT molecular complexity index is 72.1. The second kappa shape index (κ2) is 10.9. The van der Waals surface area contributed by atoms with Gasteiger partial charge in [-0.2, -0.15) is 0 Å². The highest BCUT2D eigenvalue weighted by atomic mass is 35.5. The summed E-state index contributed by atoms with van der Waals surface area (Å²) in [6.45, 7) is 0.428. The number of nitrogens with two attached hydrogens (primary N) is 1. The molecule has 0 radical (unpaired) electrons. The first kappa shape index (κ1) is 16.0. The van der Waals surface area contributed by atoms with E-state index >= 15 is 0 Å². The highest BCUT2D eigenvalue weighted by Crippen LogP contribution is 1.96. The lowest BCUT2D eigenvalue weighted by Crippen LogP contribution is -2.02. The molecule has 0 spiro atoms. The number of halogens is 1. The van der Waals surface area contributed by atoms with Crippen molar-refractivity contribution in [1.29, 1.82) is 0 Å². The molecule has 4 nitrogen and oxygen atoms in total. The van der Waals surface area contributed by atoms with Gasteiger partial charge in [-0.1, -0.05) is 0 Å². The van der Waals surface area contributed by atoms with Gasteiger partial charge < -0.3 is 16.3 Å². The minimum atomic E-state index is -0.856. The molecule has 0 rings (SSSR count). The van der Waals surface area contributed by atoms with Crippen LogP contribution in [0.1, 0.15) is 0 Å². The molecule has 6 heteroatoms. The molecule has 0 amide bonds. The maximum atomic E-state index is 9.67. The predicted molar refractivity (Wildman–Crippen MR) is 37.2 cm³/mol. The first-order chi connectivity index (χ1) is 3.27. The van der Waals surface area contributed by atoms with Gasteiger partial charge in [0.05, 0.1) is 12.4 Å². The van der Waals surface area contributed by atoms with Gasteiger partial charge in [0.1, 0.15) is 0 Å². The van der Waals surface area contributed by atoms with E-state index in [9.17, 15) is 4.79 Å². The third kappa shape index (κ3) is 18.0. The summed E-state index contributed by atoms with van der Waals surface area (Å²) in [5, 5.41) is 7.10. The van der Waals surface area contributed by atoms with Crippen molar-refractivity contribution in [2.45, 2.75) is 0 Å². The second-order valence-corrected chi connectivity index (χ2v) is 1.95. The molecular formula is C3H12ClNO3S+2. The van der Waals surface area contributed by atoms with Crippen LogP contribution >= 0.6 is 11.8 Å². The Labute approximate surface area is 63.5 Å². The number of hydrogen-bond acceptors (Lipinski definition) is 3. The lowest BCUT2D eigenvalue weighted by atomic mass is 10.8. The summed E-state index contributed by atoms with van der Waals surface area (Å²) in [6, 6.07) is 0. The van der Waals surface area contributed by atoms with E-state index < -0.39 is 5.30 Å². The van der Waals surface area contributed by atoms with Crippen LogP contribution in [0.2, 0.25) is 0 Å². The molecule has 0 heterocycles. The van der Waals surface area contributed by atoms with Gasteiger partial charge in [-0.15, -0.1) is 0 Å². The Kier molecular flexibility index (Phi) is 19.4. The largest absolute Gasteiger partial charge is 0.473 e. The first-order valence-corrected chi connectivity index (χ1v) is 2.81. The fourth-order valence-corrected chi connectivity index (χ4v) is 0.439. The van der Waals surface area contributed by atoms with Crippen LogP contribution in [0.25, 0.3) is 0 Å². The van der Waals surface area contributed by atoms with E-state index in [1.54, 1.807) is 0 Å². The molecule has 0 aromatic heterocycles. The van der Waals surface area contributed by atoms with Crippen LogP contribution in [0, 0.1) is 12.4 Å². The van der Waals surface area contributed by atoms with E-state index in [4.69, 9.17) is 10.8 Å². The maximum Gasteiger partial charge on any atom is 0.364 e. The molecule has 0 saturated carbocycles. The molecule has 0 aromatic carbocycles. The summed E-state index contributed by atoms with van der Waals surface area (Å²) in [7, 11) is 0. The predicted octanol–water partition coefficient (Wildman–Crippen LogP) is -1.10. The van der Waals surface area contributed by atoms with Gasteiger partial charge in [-0.3, -0.25) is 0 Å². The van der Waals surface area contributed by atoms with E-state index in [1.165, 1.54) is 0 Å². The maximum absolute atomic E-state index is 9.67. The number of carbonyl (C=O) groups is 1. The van der Waals surface area contributed by atoms with Gasteiger partial charge in [0.2, 0.25) is 0 Å². The lowest BCUT2D eigenvalue weighted by molar-refractivity contribution is -0.00000799. The zero-order chi connectivity index (χ0) is 5.70. The van der Waals surface area contributed by atoms with Crippen LogP contribution in [-0.2, 0) is 5.48 Å². The molecule has 9 heavy (non-hydrogen) atoms. The van der Waals surface area contributed by atoms with Crippen LogP contribution in [-0.4, -0.2) is 22.7 Å². The van der Waals surface area contributed by atoms with Crippen LogP contribution in [0.5, 0.6) is 0 Å². The zero-order valence-corrected chi connectivity index (χ0v) is 6.49. The number of thioether (sulfide) groups is 1. The number of rotatable bonds is 2. The highest BCUT2D eigenvalue weighted by Gasteiger charge is 1.91. The first-order valence-electron chi connectivity index (χ1n) is 1.83. The molecule has 0 aliphatic heterocycles. The van der Waals surface area contributed by atoms with Gasteiger partial charge in [0.25, 0.3) is 0 Å². The van der Waals surface area contributed by atoms with E-state index in [2.05, 4.69) is 0 Å². The Balaban J connectivity index is -0.000000180. The molecule has 0 aromatic rings. The van der Waals surface area contributed by atoms with Crippen molar-refractivity contribution >= 4 is 17.1 Å². The van der Waals surface area contributed by atoms with E-state index in [0.29, 0.717) is 12.3 Å². The van der Waals surface area contributed by atoms with Crippen molar-refractivity contribution in [3.63, 3.8) is 0 Å². The summed E-state index contributed by atoms with van der Waals surface area (Å²) in [5.74, 6) is 0.495. The van der Waals surface area contributed by atoms with Gasteiger partial charge in [-0.05, 0) is 11.8 Å². The van der Waals surface area contributed by atoms with Crippen molar-refractivity contribution in [1.82, 2.24) is 0 Å². The van der Waals surface area contributed by atoms with E-state index in [0.717, 1.165) is 11.8 Å². The van der Waals surface area contributed by atoms with Crippen LogP contribution in [0.4, 0.5) is 4.79 Å². The van der Waals surface area contributed by atoms with Crippen LogP contribution in [0.3, 0.4) is 0 Å². The standard InChI is InChI=1S/C3H7NO2S.ClH2.H2O/c4-1-2-7-3(5)6;;/h1-2,4H2,(H,5,6);2*1H2/q;+1;/p+1. The highest BCUT2D eigenvalue weighted by molar-refractivity contribution is 8.13. The van der Waals surface area contributed by atoms with Crippen molar-refractivity contribution in [2.75, 3.05) is 12.3 Å². The average molecular weight is 178 g/mol. The Morgan fingerprint density at radius 1 is 1.67 bits per heavy atom. The topological polar surface area (TPSA) is 96.3 Å². The van der Waals surface area contributed by atoms with Crippen LogP contribution in [0.15, 0.2) is 0 Å². The van der Waals surface area contributed by atoms with Gasteiger partial charge in [0.15, 0.2) is 0 Å². The third-order valence-corrected chi connectivity index (χ3v) is 1.03. The fraction of sp³-hybridized carbons (Fsp3) is 0.667. The van der Waals surface area contributed by atoms with Crippen molar-refractivity contribution < 1.29 is 27.8 Å². The zero-order valence-electron chi connectivity index (χ0n) is 4.78. The SMILES string of the molecule is NCCSC(=O)O.[ClH2+].[OH3+]. The monoisotopic (exact) mass is 177 g/mol. The summed E-state index contributed by atoms with van der Waals surface area (Å²) in [4.78, 5) is 9.67. The quantitative estimate of drug-likeness (QED) is 0.524. The molecule has 0 aliphatic carbocycles. The van der Waals surface area contributed by atoms with Crippen LogP contribution < -0.4 is 5.73 Å². The van der Waals surface area contributed by atoms with Gasteiger partial charge in [-0.25, -0.2) is 4.79 Å². The number of hydrogen-bond donors (Lipinski definition) is 2. The van der Waals surface area contributed by atoms with Crippen molar-refractivity contribution in [2.24, 2.45) is 5.73 Å². The number of carboxylic acid groups (broad SMARTS) is 1. The summed E-state index contributed by atoms with van der Waals surface area (Å²) < 4.78 is 0. The average Bonchev–Trinajstić information content (AvgIpc) is 1.61. The van der Waals surface area contributed by atoms with Crippen molar-refractivity contribution in [3.8, 4) is 0 Å². The Morgan fingerprint density at radius 2 is 2.11 bits per heavy atom. The second-order valence-electron chi connectivity index (χ2n) is 0.903. The summed E-state index contributed by atoms with van der Waals surface area (Å²) >= 11 is 0.823. The minimum absolute atomic E-state index is 0. The lowest BCUT2D eigenvalue weighted by Gasteiger charge is -1.85. The molecule has 0 unspecified atom stereocenters. The van der Waals surface area contributed by atoms with E-state index in [-0.39, 0.29) is 17.9 Å². The third-order valence-electron chi connectivity index (χ3n) is 0.343. The molecule has 0 atom stereocenters. The normalized spacial score (nSPS) is 6.78. The fourth-order valence-electron chi connectivity index (χ4n) is 0.146. The molecule has 58 valence electrons. The Morgan fingerprint density at radius 3 is 2.22 bits per heavy atom. The smallest absolute Gasteiger partial charge is 0.364 e. The molecule has 0 bridgehead atoms. The van der Waals surface area contributed by atoms with E-state index in [1.807, 2.05) is 0 Å².